The SMILES string of the molecule is O=C(Nc1ccc(F)c(F)c1)c1cn(-c2cc(N3CCCCC3)ncn2)cn1. The molecule has 4 rings (SSSR count). The zero-order valence-electron chi connectivity index (χ0n) is 15.0. The maximum Gasteiger partial charge on any atom is 0.275 e. The highest BCUT2D eigenvalue weighted by Crippen LogP contribution is 2.19. The molecule has 1 aromatic carbocycles. The Hall–Kier alpha value is -3.36. The molecule has 0 radical (unpaired) electrons. The maximum absolute atomic E-state index is 13.3. The fourth-order valence-electron chi connectivity index (χ4n) is 3.11. The molecule has 0 bridgehead atoms. The molecule has 3 heterocycles. The molecular weight excluding hydrogens is 366 g/mol. The molecule has 28 heavy (non-hydrogen) atoms. The minimum Gasteiger partial charge on any atom is -0.356 e. The first-order chi connectivity index (χ1) is 13.6. The van der Waals surface area contributed by atoms with Gasteiger partial charge < -0.3 is 10.2 Å². The van der Waals surface area contributed by atoms with Crippen LogP contribution < -0.4 is 10.2 Å². The topological polar surface area (TPSA) is 75.9 Å². The molecular formula is C19H18F2N6O. The van der Waals surface area contributed by atoms with Crippen LogP contribution in [0.5, 0.6) is 0 Å². The third kappa shape index (κ3) is 3.83. The molecule has 1 amide bonds. The first-order valence-corrected chi connectivity index (χ1v) is 8.98. The summed E-state index contributed by atoms with van der Waals surface area (Å²) in [4.78, 5) is 27.2. The summed E-state index contributed by atoms with van der Waals surface area (Å²) < 4.78 is 27.9. The van der Waals surface area contributed by atoms with Gasteiger partial charge in [-0.25, -0.2) is 23.7 Å². The Morgan fingerprint density at radius 3 is 2.54 bits per heavy atom. The van der Waals surface area contributed by atoms with Gasteiger partial charge in [0.05, 0.1) is 0 Å². The number of carbonyl (C=O) groups excluding carboxylic acids is 1. The largest absolute Gasteiger partial charge is 0.356 e. The third-order valence-electron chi connectivity index (χ3n) is 4.58. The predicted molar refractivity (Wildman–Crippen MR) is 99.5 cm³/mol. The lowest BCUT2D eigenvalue weighted by atomic mass is 10.1. The van der Waals surface area contributed by atoms with E-state index >= 15 is 0 Å². The molecule has 0 unspecified atom stereocenters. The van der Waals surface area contributed by atoms with Crippen molar-refractivity contribution in [3.8, 4) is 5.82 Å². The maximum atomic E-state index is 13.3. The molecule has 1 aliphatic heterocycles. The molecule has 1 saturated heterocycles. The quantitative estimate of drug-likeness (QED) is 0.748. The number of anilines is 2. The summed E-state index contributed by atoms with van der Waals surface area (Å²) in [5, 5.41) is 2.49. The van der Waals surface area contributed by atoms with Gasteiger partial charge in [-0.15, -0.1) is 0 Å². The summed E-state index contributed by atoms with van der Waals surface area (Å²) in [6.45, 7) is 1.92. The van der Waals surface area contributed by atoms with E-state index in [-0.39, 0.29) is 11.4 Å². The molecule has 2 aromatic heterocycles. The highest BCUT2D eigenvalue weighted by molar-refractivity contribution is 6.02. The highest BCUT2D eigenvalue weighted by Gasteiger charge is 2.15. The monoisotopic (exact) mass is 384 g/mol. The molecule has 144 valence electrons. The highest BCUT2D eigenvalue weighted by atomic mass is 19.2. The van der Waals surface area contributed by atoms with Crippen molar-refractivity contribution in [3.63, 3.8) is 0 Å². The van der Waals surface area contributed by atoms with Gasteiger partial charge in [0.1, 0.15) is 30.0 Å². The van der Waals surface area contributed by atoms with Crippen LogP contribution in [0.25, 0.3) is 5.82 Å². The molecule has 9 heteroatoms. The van der Waals surface area contributed by atoms with Crippen LogP contribution in [0.4, 0.5) is 20.3 Å². The second kappa shape index (κ2) is 7.71. The van der Waals surface area contributed by atoms with E-state index in [0.29, 0.717) is 5.82 Å². The summed E-state index contributed by atoms with van der Waals surface area (Å²) in [5.41, 5.74) is 0.274. The number of hydrogen-bond donors (Lipinski definition) is 1. The van der Waals surface area contributed by atoms with E-state index in [1.54, 1.807) is 4.57 Å². The Labute approximate surface area is 160 Å². The Bertz CT molecular complexity index is 1000. The van der Waals surface area contributed by atoms with E-state index in [1.165, 1.54) is 31.3 Å². The normalized spacial score (nSPS) is 14.1. The number of aromatic nitrogens is 4. The van der Waals surface area contributed by atoms with Crippen LogP contribution in [0.2, 0.25) is 0 Å². The van der Waals surface area contributed by atoms with Crippen LogP contribution in [-0.2, 0) is 0 Å². The minimum absolute atomic E-state index is 0.128. The van der Waals surface area contributed by atoms with Crippen molar-refractivity contribution in [2.45, 2.75) is 19.3 Å². The summed E-state index contributed by atoms with van der Waals surface area (Å²) >= 11 is 0. The fourth-order valence-corrected chi connectivity index (χ4v) is 3.11. The molecule has 1 fully saturated rings. The lowest BCUT2D eigenvalue weighted by Crippen LogP contribution is -2.30. The number of piperidine rings is 1. The number of benzene rings is 1. The standard InChI is InChI=1S/C19H18F2N6O/c20-14-5-4-13(8-15(14)21)25-19(28)16-10-27(12-24-16)18-9-17(22-11-23-18)26-6-2-1-3-7-26/h4-5,8-12H,1-3,6-7H2,(H,25,28). The van der Waals surface area contributed by atoms with E-state index in [4.69, 9.17) is 0 Å². The molecule has 1 N–H and O–H groups in total. The Morgan fingerprint density at radius 2 is 1.75 bits per heavy atom. The lowest BCUT2D eigenvalue weighted by Gasteiger charge is -2.27. The van der Waals surface area contributed by atoms with Crippen LogP contribution >= 0.6 is 0 Å². The number of amides is 1. The van der Waals surface area contributed by atoms with Gasteiger partial charge in [-0.1, -0.05) is 0 Å². The Balaban J connectivity index is 1.50. The Kier molecular flexibility index (Phi) is 4.96. The predicted octanol–water partition coefficient (Wildman–Crippen LogP) is 3.18. The molecule has 1 aliphatic rings. The molecule has 0 aliphatic carbocycles. The third-order valence-corrected chi connectivity index (χ3v) is 4.58. The van der Waals surface area contributed by atoms with Gasteiger partial charge in [-0.2, -0.15) is 0 Å². The van der Waals surface area contributed by atoms with Gasteiger partial charge in [0.2, 0.25) is 0 Å². The Morgan fingerprint density at radius 1 is 0.964 bits per heavy atom. The van der Waals surface area contributed by atoms with E-state index in [2.05, 4.69) is 25.2 Å². The number of halogens is 2. The van der Waals surface area contributed by atoms with Crippen LogP contribution in [0, 0.1) is 11.6 Å². The number of nitrogens with zero attached hydrogens (tertiary/aromatic N) is 5. The molecule has 0 atom stereocenters. The van der Waals surface area contributed by atoms with E-state index in [9.17, 15) is 13.6 Å². The molecule has 3 aromatic rings. The van der Waals surface area contributed by atoms with Gasteiger partial charge in [0, 0.05) is 37.1 Å². The molecule has 0 spiro atoms. The van der Waals surface area contributed by atoms with Gasteiger partial charge in [0.15, 0.2) is 11.6 Å². The van der Waals surface area contributed by atoms with E-state index < -0.39 is 17.5 Å². The van der Waals surface area contributed by atoms with Crippen molar-refractivity contribution in [2.24, 2.45) is 0 Å². The number of nitrogens with one attached hydrogen (secondary N) is 1. The average Bonchev–Trinajstić information content (AvgIpc) is 3.22. The van der Waals surface area contributed by atoms with Crippen molar-refractivity contribution in [1.82, 2.24) is 19.5 Å². The van der Waals surface area contributed by atoms with E-state index in [1.807, 2.05) is 6.07 Å². The second-order valence-electron chi connectivity index (χ2n) is 6.53. The van der Waals surface area contributed by atoms with Crippen molar-refractivity contribution in [2.75, 3.05) is 23.3 Å². The number of carbonyl (C=O) groups is 1. The second-order valence-corrected chi connectivity index (χ2v) is 6.53. The zero-order chi connectivity index (χ0) is 19.5. The van der Waals surface area contributed by atoms with Crippen LogP contribution in [0.3, 0.4) is 0 Å². The van der Waals surface area contributed by atoms with Crippen molar-refractivity contribution >= 4 is 17.4 Å². The molecule has 7 nitrogen and oxygen atoms in total. The van der Waals surface area contributed by atoms with Gasteiger partial charge in [-0.05, 0) is 31.4 Å². The fraction of sp³-hybridized carbons (Fsp3) is 0.263. The van der Waals surface area contributed by atoms with Crippen molar-refractivity contribution in [1.29, 1.82) is 0 Å². The van der Waals surface area contributed by atoms with Crippen molar-refractivity contribution < 1.29 is 13.6 Å². The lowest BCUT2D eigenvalue weighted by molar-refractivity contribution is 0.102. The smallest absolute Gasteiger partial charge is 0.275 e. The first-order valence-electron chi connectivity index (χ1n) is 8.98. The molecule has 0 saturated carbocycles. The van der Waals surface area contributed by atoms with Crippen LogP contribution in [0.1, 0.15) is 29.8 Å². The van der Waals surface area contributed by atoms with Gasteiger partial charge in [0.25, 0.3) is 5.91 Å². The summed E-state index contributed by atoms with van der Waals surface area (Å²) in [7, 11) is 0. The zero-order valence-corrected chi connectivity index (χ0v) is 15.0. The van der Waals surface area contributed by atoms with Gasteiger partial charge >= 0.3 is 0 Å². The summed E-state index contributed by atoms with van der Waals surface area (Å²) in [5.74, 6) is -1.11. The van der Waals surface area contributed by atoms with Gasteiger partial charge in [-0.3, -0.25) is 9.36 Å². The van der Waals surface area contributed by atoms with E-state index in [0.717, 1.165) is 43.9 Å². The number of hydrogen-bond acceptors (Lipinski definition) is 5. The minimum atomic E-state index is -1.03. The number of rotatable bonds is 4. The summed E-state index contributed by atoms with van der Waals surface area (Å²) in [6, 6.07) is 5.00. The first kappa shape index (κ1) is 18.0. The van der Waals surface area contributed by atoms with Crippen LogP contribution in [-0.4, -0.2) is 38.5 Å². The van der Waals surface area contributed by atoms with Crippen LogP contribution in [0.15, 0.2) is 43.1 Å². The number of imidazole rings is 1. The summed E-state index contributed by atoms with van der Waals surface area (Å²) in [6.07, 6.45) is 7.99. The van der Waals surface area contributed by atoms with Crippen molar-refractivity contribution in [3.05, 3.63) is 60.4 Å². The average molecular weight is 384 g/mol.